The number of carbonyl (C=O) groups excluding carboxylic acids is 2. The molecule has 88 valence electrons. The number of rotatable bonds is 2. The minimum Gasteiger partial charge on any atom is -0.416 e. The van der Waals surface area contributed by atoms with Crippen LogP contribution in [0.4, 0.5) is 0 Å². The molecule has 0 bridgehead atoms. The molecule has 1 atom stereocenters. The van der Waals surface area contributed by atoms with Gasteiger partial charge in [-0.2, -0.15) is 0 Å². The number of carbonyl (C=O) groups is 2. The Morgan fingerprint density at radius 1 is 1.24 bits per heavy atom. The van der Waals surface area contributed by atoms with Gasteiger partial charge in [-0.05, 0) is 44.0 Å². The lowest BCUT2D eigenvalue weighted by Crippen LogP contribution is -2.19. The SMILES string of the molecule is O=C1OC(OC(=O)c2ccccc2)C(Br)=C1Br. The molecule has 0 aromatic heterocycles. The fourth-order valence-corrected chi connectivity index (χ4v) is 1.85. The highest BCUT2D eigenvalue weighted by atomic mass is 79.9. The summed E-state index contributed by atoms with van der Waals surface area (Å²) in [7, 11) is 0. The molecular formula is C11H6Br2O4. The van der Waals surface area contributed by atoms with E-state index in [1.165, 1.54) is 0 Å². The van der Waals surface area contributed by atoms with E-state index in [0.717, 1.165) is 0 Å². The zero-order valence-corrected chi connectivity index (χ0v) is 11.5. The van der Waals surface area contributed by atoms with Crippen LogP contribution in [0.25, 0.3) is 0 Å². The van der Waals surface area contributed by atoms with Gasteiger partial charge in [0, 0.05) is 0 Å². The Balaban J connectivity index is 2.09. The predicted octanol–water partition coefficient (Wildman–Crippen LogP) is 2.73. The van der Waals surface area contributed by atoms with Gasteiger partial charge in [0.25, 0.3) is 6.29 Å². The van der Waals surface area contributed by atoms with Crippen LogP contribution in [-0.2, 0) is 14.3 Å². The average molecular weight is 362 g/mol. The van der Waals surface area contributed by atoms with Crippen LogP contribution < -0.4 is 0 Å². The van der Waals surface area contributed by atoms with Gasteiger partial charge in [-0.25, -0.2) is 9.59 Å². The molecule has 17 heavy (non-hydrogen) atoms. The van der Waals surface area contributed by atoms with Gasteiger partial charge in [0.2, 0.25) is 0 Å². The van der Waals surface area contributed by atoms with Gasteiger partial charge in [-0.15, -0.1) is 0 Å². The molecular weight excluding hydrogens is 356 g/mol. The summed E-state index contributed by atoms with van der Waals surface area (Å²) in [6, 6.07) is 8.46. The Bertz CT molecular complexity index is 495. The molecule has 4 nitrogen and oxygen atoms in total. The Morgan fingerprint density at radius 2 is 1.88 bits per heavy atom. The largest absolute Gasteiger partial charge is 0.416 e. The van der Waals surface area contributed by atoms with Gasteiger partial charge >= 0.3 is 11.9 Å². The van der Waals surface area contributed by atoms with Crippen molar-refractivity contribution in [2.45, 2.75) is 6.29 Å². The van der Waals surface area contributed by atoms with Crippen molar-refractivity contribution in [3.63, 3.8) is 0 Å². The summed E-state index contributed by atoms with van der Waals surface area (Å²) in [6.45, 7) is 0. The molecule has 0 saturated carbocycles. The van der Waals surface area contributed by atoms with E-state index in [-0.39, 0.29) is 4.48 Å². The molecule has 0 fully saturated rings. The van der Waals surface area contributed by atoms with Gasteiger partial charge in [0.1, 0.15) is 4.48 Å². The first kappa shape index (κ1) is 12.3. The van der Waals surface area contributed by atoms with E-state index in [0.29, 0.717) is 10.0 Å². The number of esters is 2. The maximum Gasteiger partial charge on any atom is 0.349 e. The van der Waals surface area contributed by atoms with Gasteiger partial charge in [-0.3, -0.25) is 0 Å². The molecule has 1 heterocycles. The molecule has 1 aliphatic heterocycles. The van der Waals surface area contributed by atoms with Gasteiger partial charge < -0.3 is 9.47 Å². The van der Waals surface area contributed by atoms with Crippen LogP contribution in [0, 0.1) is 0 Å². The summed E-state index contributed by atoms with van der Waals surface area (Å²) in [4.78, 5) is 22.9. The van der Waals surface area contributed by atoms with E-state index in [1.54, 1.807) is 30.3 Å². The molecule has 0 radical (unpaired) electrons. The monoisotopic (exact) mass is 360 g/mol. The molecule has 1 aliphatic rings. The zero-order valence-electron chi connectivity index (χ0n) is 8.35. The van der Waals surface area contributed by atoms with Crippen molar-refractivity contribution in [1.29, 1.82) is 0 Å². The lowest BCUT2D eigenvalue weighted by atomic mass is 10.2. The van der Waals surface area contributed by atoms with Crippen LogP contribution in [0.2, 0.25) is 0 Å². The smallest absolute Gasteiger partial charge is 0.349 e. The molecule has 1 aromatic rings. The van der Waals surface area contributed by atoms with Gasteiger partial charge in [0.15, 0.2) is 0 Å². The number of halogens is 2. The van der Waals surface area contributed by atoms with Crippen LogP contribution >= 0.6 is 31.9 Å². The van der Waals surface area contributed by atoms with Gasteiger partial charge in [0.05, 0.1) is 10.0 Å². The van der Waals surface area contributed by atoms with Crippen molar-refractivity contribution in [3.05, 3.63) is 44.9 Å². The number of ether oxygens (including phenoxy) is 2. The van der Waals surface area contributed by atoms with E-state index in [1.807, 2.05) is 0 Å². The first-order chi connectivity index (χ1) is 8.09. The Morgan fingerprint density at radius 3 is 2.41 bits per heavy atom. The lowest BCUT2D eigenvalue weighted by Gasteiger charge is -2.11. The molecule has 0 amide bonds. The van der Waals surface area contributed by atoms with E-state index in [9.17, 15) is 9.59 Å². The van der Waals surface area contributed by atoms with E-state index in [4.69, 9.17) is 9.47 Å². The van der Waals surface area contributed by atoms with Crippen LogP contribution in [0.5, 0.6) is 0 Å². The Hall–Kier alpha value is -1.14. The van der Waals surface area contributed by atoms with Crippen LogP contribution in [-0.4, -0.2) is 18.2 Å². The number of benzene rings is 1. The summed E-state index contributed by atoms with van der Waals surface area (Å²) >= 11 is 6.14. The van der Waals surface area contributed by atoms with Crippen LogP contribution in [0.15, 0.2) is 39.3 Å². The van der Waals surface area contributed by atoms with Crippen LogP contribution in [0.1, 0.15) is 10.4 Å². The van der Waals surface area contributed by atoms with E-state index >= 15 is 0 Å². The standard InChI is InChI=1S/C11H6Br2O4/c12-7-8(13)11(17-10(7)15)16-9(14)6-4-2-1-3-5-6/h1-5,11H. The van der Waals surface area contributed by atoms with Gasteiger partial charge in [-0.1, -0.05) is 18.2 Å². The van der Waals surface area contributed by atoms with Crippen LogP contribution in [0.3, 0.4) is 0 Å². The number of hydrogen-bond donors (Lipinski definition) is 0. The summed E-state index contributed by atoms with van der Waals surface area (Å²) in [5.74, 6) is -1.12. The lowest BCUT2D eigenvalue weighted by molar-refractivity contribution is -0.151. The first-order valence-corrected chi connectivity index (χ1v) is 6.20. The third kappa shape index (κ3) is 2.58. The highest BCUT2D eigenvalue weighted by Crippen LogP contribution is 2.32. The second-order valence-electron chi connectivity index (χ2n) is 3.17. The second kappa shape index (κ2) is 5.01. The molecule has 1 aromatic carbocycles. The fraction of sp³-hybridized carbons (Fsp3) is 0.0909. The summed E-state index contributed by atoms with van der Waals surface area (Å²) in [6.07, 6.45) is -1.02. The molecule has 0 aliphatic carbocycles. The van der Waals surface area contributed by atoms with Crippen molar-refractivity contribution in [3.8, 4) is 0 Å². The minimum absolute atomic E-state index is 0.225. The maximum atomic E-state index is 11.7. The summed E-state index contributed by atoms with van der Waals surface area (Å²) in [5, 5.41) is 0. The Labute approximate surface area is 114 Å². The third-order valence-electron chi connectivity index (χ3n) is 2.03. The normalized spacial score (nSPS) is 19.2. The molecule has 1 unspecified atom stereocenters. The molecule has 6 heteroatoms. The third-order valence-corrected chi connectivity index (χ3v) is 4.09. The fourth-order valence-electron chi connectivity index (χ4n) is 1.22. The average Bonchev–Trinajstić information content (AvgIpc) is 2.58. The summed E-state index contributed by atoms with van der Waals surface area (Å²) in [5.41, 5.74) is 0.395. The van der Waals surface area contributed by atoms with Crippen molar-refractivity contribution in [2.75, 3.05) is 0 Å². The van der Waals surface area contributed by atoms with Crippen molar-refractivity contribution < 1.29 is 19.1 Å². The highest BCUT2D eigenvalue weighted by molar-refractivity contribution is 9.14. The number of cyclic esters (lactones) is 1. The second-order valence-corrected chi connectivity index (χ2v) is 4.82. The quantitative estimate of drug-likeness (QED) is 0.760. The molecule has 0 N–H and O–H groups in total. The van der Waals surface area contributed by atoms with E-state index in [2.05, 4.69) is 31.9 Å². The maximum absolute atomic E-state index is 11.7. The van der Waals surface area contributed by atoms with Crippen molar-refractivity contribution in [2.24, 2.45) is 0 Å². The minimum atomic E-state index is -1.02. The van der Waals surface area contributed by atoms with Crippen molar-refractivity contribution in [1.82, 2.24) is 0 Å². The predicted molar refractivity (Wildman–Crippen MR) is 66.6 cm³/mol. The first-order valence-electron chi connectivity index (χ1n) is 4.62. The molecule has 2 rings (SSSR count). The van der Waals surface area contributed by atoms with E-state index < -0.39 is 18.2 Å². The number of hydrogen-bond acceptors (Lipinski definition) is 4. The summed E-state index contributed by atoms with van der Waals surface area (Å²) < 4.78 is 10.5. The Kier molecular flexibility index (Phi) is 3.63. The topological polar surface area (TPSA) is 52.6 Å². The van der Waals surface area contributed by atoms with Crippen molar-refractivity contribution >= 4 is 43.8 Å². The zero-order chi connectivity index (χ0) is 12.4. The molecule has 0 spiro atoms. The molecule has 0 saturated heterocycles. The highest BCUT2D eigenvalue weighted by Gasteiger charge is 2.34.